The van der Waals surface area contributed by atoms with E-state index in [4.69, 9.17) is 28.8 Å². The largest absolute Gasteiger partial charge is 0.382 e. The van der Waals surface area contributed by atoms with Crippen molar-refractivity contribution < 1.29 is 0 Å². The van der Waals surface area contributed by atoms with Crippen LogP contribution in [0.25, 0.3) is 0 Å². The van der Waals surface area contributed by atoms with E-state index < -0.39 is 0 Å². The topological polar surface area (TPSA) is 144 Å². The van der Waals surface area contributed by atoms with Crippen LogP contribution in [0.5, 0.6) is 0 Å². The Morgan fingerprint density at radius 3 is 2.67 bits per heavy atom. The van der Waals surface area contributed by atoms with Crippen molar-refractivity contribution in [1.82, 2.24) is 15.0 Å². The van der Waals surface area contributed by atoms with Gasteiger partial charge in [0.25, 0.3) is 0 Å². The SMILES string of the molecule is N#Cc1cccc2c1CC1(CCN(c3cnc(Sc4ccnc(N)c4Cl)c(N)n3)CC1)[C@@H]2N. The minimum absolute atomic E-state index is 0.0292. The molecular weight excluding hydrogens is 456 g/mol. The van der Waals surface area contributed by atoms with Gasteiger partial charge in [0.1, 0.15) is 16.7 Å². The molecule has 2 aliphatic rings. The van der Waals surface area contributed by atoms with E-state index in [1.807, 2.05) is 12.1 Å². The number of benzene rings is 1. The monoisotopic (exact) mass is 478 g/mol. The number of nitrogens with zero attached hydrogens (tertiary/aromatic N) is 5. The zero-order chi connectivity index (χ0) is 23.2. The van der Waals surface area contributed by atoms with Gasteiger partial charge in [-0.2, -0.15) is 5.26 Å². The Kier molecular flexibility index (Phi) is 5.52. The van der Waals surface area contributed by atoms with Gasteiger partial charge in [-0.25, -0.2) is 15.0 Å². The van der Waals surface area contributed by atoms with Crippen LogP contribution < -0.4 is 22.1 Å². The molecule has 3 heterocycles. The maximum absolute atomic E-state index is 9.49. The zero-order valence-electron chi connectivity index (χ0n) is 17.8. The highest BCUT2D eigenvalue weighted by molar-refractivity contribution is 7.99. The number of rotatable bonds is 3. The molecule has 1 fully saturated rings. The highest BCUT2D eigenvalue weighted by Gasteiger charge is 2.46. The third kappa shape index (κ3) is 3.74. The van der Waals surface area contributed by atoms with Gasteiger partial charge in [0.15, 0.2) is 5.82 Å². The molecule has 33 heavy (non-hydrogen) atoms. The molecule has 1 aliphatic carbocycles. The molecular formula is C23H23ClN8S. The Morgan fingerprint density at radius 2 is 1.94 bits per heavy atom. The van der Waals surface area contributed by atoms with Crippen LogP contribution >= 0.6 is 23.4 Å². The van der Waals surface area contributed by atoms with E-state index in [0.717, 1.165) is 59.8 Å². The summed E-state index contributed by atoms with van der Waals surface area (Å²) < 4.78 is 0. The van der Waals surface area contributed by atoms with Crippen LogP contribution in [-0.4, -0.2) is 28.0 Å². The second-order valence-corrected chi connectivity index (χ2v) is 9.93. The summed E-state index contributed by atoms with van der Waals surface area (Å²) in [5.41, 5.74) is 21.7. The highest BCUT2D eigenvalue weighted by atomic mass is 35.5. The minimum Gasteiger partial charge on any atom is -0.382 e. The van der Waals surface area contributed by atoms with Gasteiger partial charge >= 0.3 is 0 Å². The van der Waals surface area contributed by atoms with E-state index in [-0.39, 0.29) is 17.3 Å². The lowest BCUT2D eigenvalue weighted by molar-refractivity contribution is 0.187. The first-order valence-corrected chi connectivity index (χ1v) is 11.8. The van der Waals surface area contributed by atoms with Gasteiger partial charge in [0.05, 0.1) is 22.9 Å². The molecule has 1 aromatic carbocycles. The molecule has 0 radical (unpaired) electrons. The van der Waals surface area contributed by atoms with Crippen molar-refractivity contribution in [2.24, 2.45) is 11.1 Å². The summed E-state index contributed by atoms with van der Waals surface area (Å²) in [4.78, 5) is 16.0. The summed E-state index contributed by atoms with van der Waals surface area (Å²) in [6, 6.07) is 9.90. The molecule has 1 spiro atoms. The first-order chi connectivity index (χ1) is 15.9. The first-order valence-electron chi connectivity index (χ1n) is 10.6. The normalized spacial score (nSPS) is 18.8. The van der Waals surface area contributed by atoms with Gasteiger partial charge in [0.2, 0.25) is 0 Å². The van der Waals surface area contributed by atoms with Crippen LogP contribution in [0.2, 0.25) is 5.02 Å². The predicted molar refractivity (Wildman–Crippen MR) is 130 cm³/mol. The van der Waals surface area contributed by atoms with Crippen LogP contribution in [0.1, 0.15) is 35.6 Å². The van der Waals surface area contributed by atoms with Crippen LogP contribution in [0.15, 0.2) is 46.6 Å². The molecule has 0 unspecified atom stereocenters. The van der Waals surface area contributed by atoms with Crippen molar-refractivity contribution in [2.45, 2.75) is 35.2 Å². The second kappa shape index (κ2) is 8.37. The Bertz CT molecular complexity index is 1270. The number of anilines is 3. The quantitative estimate of drug-likeness (QED) is 0.514. The van der Waals surface area contributed by atoms with Gasteiger partial charge in [-0.05, 0) is 47.9 Å². The molecule has 5 rings (SSSR count). The van der Waals surface area contributed by atoms with Crippen molar-refractivity contribution in [3.8, 4) is 6.07 Å². The fourth-order valence-electron chi connectivity index (χ4n) is 4.90. The summed E-state index contributed by atoms with van der Waals surface area (Å²) in [6.07, 6.45) is 6.01. The lowest BCUT2D eigenvalue weighted by Crippen LogP contribution is -2.44. The van der Waals surface area contributed by atoms with Crippen molar-refractivity contribution >= 4 is 40.8 Å². The number of halogens is 1. The van der Waals surface area contributed by atoms with Gasteiger partial charge in [-0.15, -0.1) is 0 Å². The lowest BCUT2D eigenvalue weighted by atomic mass is 9.73. The summed E-state index contributed by atoms with van der Waals surface area (Å²) in [5, 5.41) is 10.4. The van der Waals surface area contributed by atoms with E-state index >= 15 is 0 Å². The number of pyridine rings is 1. The smallest absolute Gasteiger partial charge is 0.158 e. The Morgan fingerprint density at radius 1 is 1.15 bits per heavy atom. The van der Waals surface area contributed by atoms with E-state index in [9.17, 15) is 5.26 Å². The number of nitrogen functional groups attached to an aromatic ring is 2. The highest BCUT2D eigenvalue weighted by Crippen LogP contribution is 2.51. The van der Waals surface area contributed by atoms with Crippen LogP contribution in [0, 0.1) is 16.7 Å². The average molecular weight is 479 g/mol. The summed E-state index contributed by atoms with van der Waals surface area (Å²) in [7, 11) is 0. The number of piperidine rings is 1. The number of hydrogen-bond donors (Lipinski definition) is 3. The number of aromatic nitrogens is 3. The maximum atomic E-state index is 9.49. The third-order valence-electron chi connectivity index (χ3n) is 6.78. The van der Waals surface area contributed by atoms with Crippen molar-refractivity contribution in [3.63, 3.8) is 0 Å². The molecule has 1 atom stereocenters. The molecule has 10 heteroatoms. The van der Waals surface area contributed by atoms with Gasteiger partial charge < -0.3 is 22.1 Å². The number of hydrogen-bond acceptors (Lipinski definition) is 9. The molecule has 1 aliphatic heterocycles. The molecule has 8 nitrogen and oxygen atoms in total. The molecule has 0 saturated carbocycles. The number of nitriles is 1. The van der Waals surface area contributed by atoms with Crippen LogP contribution in [0.3, 0.4) is 0 Å². The van der Waals surface area contributed by atoms with Crippen LogP contribution in [-0.2, 0) is 6.42 Å². The Balaban J connectivity index is 1.30. The Labute approximate surface area is 201 Å². The van der Waals surface area contributed by atoms with Crippen molar-refractivity contribution in [1.29, 1.82) is 5.26 Å². The molecule has 0 bridgehead atoms. The average Bonchev–Trinajstić information content (AvgIpc) is 3.10. The maximum Gasteiger partial charge on any atom is 0.158 e. The number of fused-ring (bicyclic) bond motifs is 1. The van der Waals surface area contributed by atoms with Gasteiger partial charge in [0, 0.05) is 30.2 Å². The van der Waals surface area contributed by atoms with Crippen molar-refractivity contribution in [2.75, 3.05) is 29.5 Å². The molecule has 1 saturated heterocycles. The fraction of sp³-hybridized carbons (Fsp3) is 0.304. The Hall–Kier alpha value is -3.06. The lowest BCUT2D eigenvalue weighted by Gasteiger charge is -2.42. The van der Waals surface area contributed by atoms with Gasteiger partial charge in [-0.3, -0.25) is 0 Å². The van der Waals surface area contributed by atoms with Crippen molar-refractivity contribution in [3.05, 3.63) is 58.4 Å². The molecule has 3 aromatic rings. The summed E-state index contributed by atoms with van der Waals surface area (Å²) in [6.45, 7) is 1.60. The van der Waals surface area contributed by atoms with Crippen LogP contribution in [0.4, 0.5) is 17.5 Å². The third-order valence-corrected chi connectivity index (χ3v) is 8.36. The first kappa shape index (κ1) is 21.8. The molecule has 168 valence electrons. The summed E-state index contributed by atoms with van der Waals surface area (Å²) in [5.74, 6) is 1.35. The van der Waals surface area contributed by atoms with E-state index in [1.54, 1.807) is 18.5 Å². The molecule has 0 amide bonds. The second-order valence-electron chi connectivity index (χ2n) is 8.52. The fourth-order valence-corrected chi connectivity index (χ4v) is 5.91. The predicted octanol–water partition coefficient (Wildman–Crippen LogP) is 3.55. The van der Waals surface area contributed by atoms with E-state index in [2.05, 4.69) is 32.0 Å². The molecule has 6 N–H and O–H groups in total. The standard InChI is InChI=1S/C23H23ClN8S/c24-18-16(4-7-29-20(18)27)33-22-21(28)31-17(12-30-22)32-8-5-23(6-9-32)10-15-13(11-25)2-1-3-14(15)19(23)26/h1-4,7,12,19H,5-6,8-10,26H2,(H2,27,29)(H2,28,31)/t19-/m1/s1. The van der Waals surface area contributed by atoms with E-state index in [1.165, 1.54) is 11.8 Å². The molecule has 2 aromatic heterocycles. The zero-order valence-corrected chi connectivity index (χ0v) is 19.4. The summed E-state index contributed by atoms with van der Waals surface area (Å²) >= 11 is 7.55. The van der Waals surface area contributed by atoms with E-state index in [0.29, 0.717) is 15.9 Å². The number of nitrogens with two attached hydrogens (primary N) is 3. The van der Waals surface area contributed by atoms with Gasteiger partial charge in [-0.1, -0.05) is 35.5 Å². The minimum atomic E-state index is -0.0598.